The first-order valence-corrected chi connectivity index (χ1v) is 7.63. The van der Waals surface area contributed by atoms with E-state index in [0.717, 1.165) is 18.4 Å². The Labute approximate surface area is 113 Å². The van der Waals surface area contributed by atoms with Crippen LogP contribution >= 0.6 is 11.8 Å². The van der Waals surface area contributed by atoms with Gasteiger partial charge in [-0.05, 0) is 37.1 Å². The molecule has 2 unspecified atom stereocenters. The molecule has 3 nitrogen and oxygen atoms in total. The fourth-order valence-corrected chi connectivity index (χ4v) is 3.23. The summed E-state index contributed by atoms with van der Waals surface area (Å²) in [6.07, 6.45) is 5.92. The van der Waals surface area contributed by atoms with Crippen molar-refractivity contribution in [1.82, 2.24) is 5.32 Å². The Morgan fingerprint density at radius 1 is 1.44 bits per heavy atom. The zero-order valence-corrected chi connectivity index (χ0v) is 11.5. The lowest BCUT2D eigenvalue weighted by molar-refractivity contribution is -0.121. The maximum atomic E-state index is 11.9. The maximum Gasteiger partial charge on any atom is 0.224 e. The van der Waals surface area contributed by atoms with Gasteiger partial charge in [0.25, 0.3) is 0 Å². The number of para-hydroxylation sites is 1. The first kappa shape index (κ1) is 13.3. The van der Waals surface area contributed by atoms with E-state index >= 15 is 0 Å². The predicted octanol–water partition coefficient (Wildman–Crippen LogP) is 2.21. The number of hydrogen-bond acceptors (Lipinski definition) is 3. The minimum Gasteiger partial charge on any atom is -0.398 e. The largest absolute Gasteiger partial charge is 0.398 e. The molecule has 3 N–H and O–H groups in total. The molecule has 2 atom stereocenters. The molecule has 0 radical (unpaired) electrons. The molecule has 0 bridgehead atoms. The van der Waals surface area contributed by atoms with Crippen LogP contribution in [0.3, 0.4) is 0 Å². The number of hydrogen-bond donors (Lipinski definition) is 2. The topological polar surface area (TPSA) is 55.1 Å². The highest BCUT2D eigenvalue weighted by molar-refractivity contribution is 7.99. The molecule has 98 valence electrons. The Morgan fingerprint density at radius 2 is 2.22 bits per heavy atom. The molecule has 1 aliphatic rings. The third kappa shape index (κ3) is 3.42. The molecule has 2 rings (SSSR count). The van der Waals surface area contributed by atoms with Gasteiger partial charge in [-0.15, -0.1) is 0 Å². The number of nitrogens with one attached hydrogen (secondary N) is 1. The van der Waals surface area contributed by atoms with E-state index in [-0.39, 0.29) is 5.91 Å². The average Bonchev–Trinajstić information content (AvgIpc) is 2.80. The second-order valence-corrected chi connectivity index (χ2v) is 5.95. The van der Waals surface area contributed by atoms with E-state index in [9.17, 15) is 4.79 Å². The number of thioether (sulfide) groups is 1. The van der Waals surface area contributed by atoms with Crippen LogP contribution in [-0.4, -0.2) is 23.5 Å². The molecule has 1 amide bonds. The van der Waals surface area contributed by atoms with Gasteiger partial charge >= 0.3 is 0 Å². The third-order valence-corrected chi connectivity index (χ3v) is 4.58. The van der Waals surface area contributed by atoms with Crippen LogP contribution in [0, 0.1) is 0 Å². The van der Waals surface area contributed by atoms with Gasteiger partial charge in [0.15, 0.2) is 0 Å². The van der Waals surface area contributed by atoms with Crippen molar-refractivity contribution >= 4 is 23.4 Å². The van der Waals surface area contributed by atoms with Crippen molar-refractivity contribution in [2.45, 2.75) is 37.0 Å². The van der Waals surface area contributed by atoms with E-state index in [2.05, 4.69) is 11.6 Å². The van der Waals surface area contributed by atoms with Gasteiger partial charge in [-0.25, -0.2) is 0 Å². The second-order valence-electron chi connectivity index (χ2n) is 4.81. The summed E-state index contributed by atoms with van der Waals surface area (Å²) in [5, 5.41) is 3.82. The van der Waals surface area contributed by atoms with Crippen LogP contribution in [0.1, 0.15) is 24.8 Å². The molecule has 4 heteroatoms. The van der Waals surface area contributed by atoms with Crippen LogP contribution < -0.4 is 11.1 Å². The summed E-state index contributed by atoms with van der Waals surface area (Å²) in [7, 11) is 0. The van der Waals surface area contributed by atoms with Crippen molar-refractivity contribution < 1.29 is 4.79 Å². The number of nitrogens with two attached hydrogens (primary N) is 1. The Morgan fingerprint density at radius 3 is 2.89 bits per heavy atom. The van der Waals surface area contributed by atoms with E-state index < -0.39 is 0 Å². The van der Waals surface area contributed by atoms with E-state index in [4.69, 9.17) is 5.73 Å². The quantitative estimate of drug-likeness (QED) is 0.820. The average molecular weight is 264 g/mol. The zero-order chi connectivity index (χ0) is 13.0. The van der Waals surface area contributed by atoms with Crippen molar-refractivity contribution in [2.75, 3.05) is 12.0 Å². The minimum atomic E-state index is 0.0830. The lowest BCUT2D eigenvalue weighted by atomic mass is 10.1. The molecule has 18 heavy (non-hydrogen) atoms. The molecule has 0 aliphatic heterocycles. The highest BCUT2D eigenvalue weighted by Crippen LogP contribution is 2.28. The molecule has 1 fully saturated rings. The number of carbonyl (C=O) groups is 1. The Hall–Kier alpha value is -1.16. The summed E-state index contributed by atoms with van der Waals surface area (Å²) >= 11 is 1.90. The van der Waals surface area contributed by atoms with Crippen molar-refractivity contribution in [2.24, 2.45) is 0 Å². The molecule has 0 heterocycles. The lowest BCUT2D eigenvalue weighted by Crippen LogP contribution is -2.34. The highest BCUT2D eigenvalue weighted by Gasteiger charge is 2.25. The summed E-state index contributed by atoms with van der Waals surface area (Å²) in [5.41, 5.74) is 7.44. The van der Waals surface area contributed by atoms with Crippen molar-refractivity contribution in [3.63, 3.8) is 0 Å². The van der Waals surface area contributed by atoms with Gasteiger partial charge in [0.05, 0.1) is 6.42 Å². The van der Waals surface area contributed by atoms with Crippen LogP contribution in [-0.2, 0) is 11.2 Å². The molecule has 1 aromatic carbocycles. The monoisotopic (exact) mass is 264 g/mol. The van der Waals surface area contributed by atoms with Gasteiger partial charge in [-0.2, -0.15) is 11.8 Å². The van der Waals surface area contributed by atoms with Crippen LogP contribution in [0.5, 0.6) is 0 Å². The fraction of sp³-hybridized carbons (Fsp3) is 0.500. The predicted molar refractivity (Wildman–Crippen MR) is 77.6 cm³/mol. The molecular weight excluding hydrogens is 244 g/mol. The molecule has 1 aliphatic carbocycles. The van der Waals surface area contributed by atoms with Crippen LogP contribution in [0.25, 0.3) is 0 Å². The van der Waals surface area contributed by atoms with E-state index in [0.29, 0.717) is 23.4 Å². The fourth-order valence-electron chi connectivity index (χ4n) is 2.43. The van der Waals surface area contributed by atoms with Gasteiger partial charge in [-0.3, -0.25) is 4.79 Å². The Balaban J connectivity index is 1.84. The summed E-state index contributed by atoms with van der Waals surface area (Å²) < 4.78 is 0. The number of carbonyl (C=O) groups excluding carboxylic acids is 1. The second kappa shape index (κ2) is 6.14. The van der Waals surface area contributed by atoms with Crippen LogP contribution in [0.2, 0.25) is 0 Å². The lowest BCUT2D eigenvalue weighted by Gasteiger charge is -2.13. The van der Waals surface area contributed by atoms with E-state index in [1.165, 1.54) is 6.42 Å². The van der Waals surface area contributed by atoms with Gasteiger partial charge < -0.3 is 11.1 Å². The summed E-state index contributed by atoms with van der Waals surface area (Å²) in [5.74, 6) is 0.0830. The molecule has 0 spiro atoms. The minimum absolute atomic E-state index is 0.0830. The highest BCUT2D eigenvalue weighted by atomic mass is 32.2. The Kier molecular flexibility index (Phi) is 4.53. The number of nitrogen functional groups attached to an aromatic ring is 1. The Bertz CT molecular complexity index is 422. The van der Waals surface area contributed by atoms with Crippen molar-refractivity contribution in [3.8, 4) is 0 Å². The van der Waals surface area contributed by atoms with Crippen LogP contribution in [0.4, 0.5) is 5.69 Å². The molecular formula is C14H20N2OS. The van der Waals surface area contributed by atoms with Gasteiger partial charge in [-0.1, -0.05) is 18.2 Å². The zero-order valence-electron chi connectivity index (χ0n) is 10.7. The first-order chi connectivity index (χ1) is 8.69. The SMILES string of the molecule is CSC1CCC(NC(=O)Cc2ccccc2N)C1. The van der Waals surface area contributed by atoms with Gasteiger partial charge in [0.2, 0.25) is 5.91 Å². The van der Waals surface area contributed by atoms with Gasteiger partial charge in [0, 0.05) is 17.0 Å². The number of anilines is 1. The van der Waals surface area contributed by atoms with Crippen molar-refractivity contribution in [3.05, 3.63) is 29.8 Å². The molecule has 1 aromatic rings. The summed E-state index contributed by atoms with van der Waals surface area (Å²) in [6.45, 7) is 0. The number of rotatable bonds is 4. The smallest absolute Gasteiger partial charge is 0.224 e. The molecule has 0 aromatic heterocycles. The molecule has 0 saturated heterocycles. The molecule has 1 saturated carbocycles. The number of amides is 1. The summed E-state index contributed by atoms with van der Waals surface area (Å²) in [4.78, 5) is 11.9. The normalized spacial score (nSPS) is 22.9. The van der Waals surface area contributed by atoms with E-state index in [1.807, 2.05) is 36.0 Å². The number of benzene rings is 1. The maximum absolute atomic E-state index is 11.9. The van der Waals surface area contributed by atoms with E-state index in [1.54, 1.807) is 0 Å². The standard InChI is InChI=1S/C14H20N2OS/c1-18-12-7-6-11(9-12)16-14(17)8-10-4-2-3-5-13(10)15/h2-5,11-12H,6-9,15H2,1H3,(H,16,17). The third-order valence-electron chi connectivity index (χ3n) is 3.49. The van der Waals surface area contributed by atoms with Crippen LogP contribution in [0.15, 0.2) is 24.3 Å². The summed E-state index contributed by atoms with van der Waals surface area (Å²) in [6, 6.07) is 7.89. The van der Waals surface area contributed by atoms with Crippen molar-refractivity contribution in [1.29, 1.82) is 0 Å². The first-order valence-electron chi connectivity index (χ1n) is 6.34. The van der Waals surface area contributed by atoms with Gasteiger partial charge in [0.1, 0.15) is 0 Å².